The Bertz CT molecular complexity index is 2190. The molecule has 0 spiro atoms. The second-order valence-electron chi connectivity index (χ2n) is 18.0. The third kappa shape index (κ3) is 7.90. The van der Waals surface area contributed by atoms with Crippen molar-refractivity contribution in [3.8, 4) is 11.3 Å². The van der Waals surface area contributed by atoms with Gasteiger partial charge in [-0.1, -0.05) is 137 Å². The molecule has 4 nitrogen and oxygen atoms in total. The number of benzene rings is 4. The summed E-state index contributed by atoms with van der Waals surface area (Å²) in [6, 6.07) is 26.6. The van der Waals surface area contributed by atoms with Gasteiger partial charge < -0.3 is 15.1 Å². The van der Waals surface area contributed by atoms with E-state index in [1.807, 2.05) is 6.20 Å². The molecule has 0 fully saturated rings. The maximum absolute atomic E-state index is 6.69. The fourth-order valence-electron chi connectivity index (χ4n) is 7.73. The molecule has 4 aromatic carbocycles. The summed E-state index contributed by atoms with van der Waals surface area (Å²) in [7, 11) is 0. The van der Waals surface area contributed by atoms with Crippen molar-refractivity contribution in [2.24, 2.45) is 5.92 Å². The predicted molar refractivity (Wildman–Crippen MR) is 220 cm³/mol. The van der Waals surface area contributed by atoms with Gasteiger partial charge in [0.1, 0.15) is 11.2 Å². The summed E-state index contributed by atoms with van der Waals surface area (Å²) < 4.78 is 6.69. The topological polar surface area (TPSA) is 54.2 Å². The Hall–Kier alpha value is -3.08. The molecule has 6 aromatic rings. The molecular weight excluding hydrogens is 815 g/mol. The summed E-state index contributed by atoms with van der Waals surface area (Å²) in [6.07, 6.45) is 4.49. The van der Waals surface area contributed by atoms with E-state index in [9.17, 15) is 0 Å². The second-order valence-corrected chi connectivity index (χ2v) is 18.0. The van der Waals surface area contributed by atoms with Crippen molar-refractivity contribution in [3.05, 3.63) is 100 Å². The van der Waals surface area contributed by atoms with E-state index in [-0.39, 0.29) is 42.5 Å². The van der Waals surface area contributed by atoms with Crippen molar-refractivity contribution in [2.75, 3.05) is 0 Å². The second kappa shape index (κ2) is 15.0. The molecule has 0 aliphatic heterocycles. The molecule has 0 amide bonds. The standard InChI is InChI=1S/C37H36NO.C10H22N2.Ir/c1-35(2,3)29-19-23(18-22-10-8-9-11-24(22)29)33-25-12-13-26-28-20-30-31(37(6,7)16-15-36(30,4)5)21-32(28)39-34(26)27(25)14-17-38-33;1-7(2)10(11-8(3)4)12-9(5)6;/h8-14,17,19-21H,15-16H2,1-7H3;7-10H,1-6H3;/q-1;-2;+3. The zero-order chi connectivity index (χ0) is 37.0. The van der Waals surface area contributed by atoms with Gasteiger partial charge in [-0.05, 0) is 63.8 Å². The fourth-order valence-corrected chi connectivity index (χ4v) is 7.73. The molecule has 2 heterocycles. The van der Waals surface area contributed by atoms with Gasteiger partial charge in [0.05, 0.1) is 0 Å². The van der Waals surface area contributed by atoms with Gasteiger partial charge in [0.15, 0.2) is 0 Å². The summed E-state index contributed by atoms with van der Waals surface area (Å²) in [5, 5.41) is 16.1. The molecule has 0 atom stereocenters. The van der Waals surface area contributed by atoms with E-state index in [4.69, 9.17) is 9.40 Å². The van der Waals surface area contributed by atoms with Gasteiger partial charge in [0.25, 0.3) is 0 Å². The van der Waals surface area contributed by atoms with Gasteiger partial charge in [-0.3, -0.25) is 4.98 Å². The molecule has 1 aliphatic rings. The number of nitrogens with zero attached hydrogens (tertiary/aromatic N) is 3. The molecule has 0 N–H and O–H groups in total. The molecule has 52 heavy (non-hydrogen) atoms. The quantitative estimate of drug-likeness (QED) is 0.157. The van der Waals surface area contributed by atoms with E-state index in [1.165, 1.54) is 45.7 Å². The number of aromatic nitrogens is 1. The van der Waals surface area contributed by atoms with Crippen molar-refractivity contribution in [1.29, 1.82) is 0 Å². The van der Waals surface area contributed by atoms with Crippen LogP contribution < -0.4 is 0 Å². The normalized spacial score (nSPS) is 15.5. The van der Waals surface area contributed by atoms with Gasteiger partial charge in [0.2, 0.25) is 0 Å². The molecule has 1 aliphatic carbocycles. The van der Waals surface area contributed by atoms with Crippen LogP contribution in [-0.2, 0) is 36.4 Å². The van der Waals surface area contributed by atoms with E-state index in [0.29, 0.717) is 18.0 Å². The summed E-state index contributed by atoms with van der Waals surface area (Å²) >= 11 is 0. The molecule has 5 heteroatoms. The van der Waals surface area contributed by atoms with Crippen LogP contribution in [0, 0.1) is 12.0 Å². The fraction of sp³-hybridized carbons (Fsp3) is 0.468. The van der Waals surface area contributed by atoms with Gasteiger partial charge in [-0.2, -0.15) is 0 Å². The van der Waals surface area contributed by atoms with Crippen LogP contribution >= 0.6 is 0 Å². The Balaban J connectivity index is 0.000000349. The molecule has 0 saturated heterocycles. The Kier molecular flexibility index (Phi) is 11.6. The van der Waals surface area contributed by atoms with Crippen molar-refractivity contribution < 1.29 is 24.5 Å². The average Bonchev–Trinajstić information content (AvgIpc) is 3.43. The SMILES string of the molecule is CC(C)(C)c1cc(-c2nccc3c2ccc2c4cc5c(cc4oc32)C(C)(C)CCC5(C)C)[c-]c2ccccc12.CC(C)[N-]C([N-]C(C)C)C(C)C.[Ir+3]. The minimum absolute atomic E-state index is 0. The van der Waals surface area contributed by atoms with Crippen molar-refractivity contribution >= 4 is 43.5 Å². The Morgan fingerprint density at radius 2 is 1.29 bits per heavy atom. The number of fused-ring (bicyclic) bond motifs is 7. The Morgan fingerprint density at radius 3 is 1.88 bits per heavy atom. The summed E-state index contributed by atoms with van der Waals surface area (Å²) in [4.78, 5) is 4.90. The molecule has 276 valence electrons. The molecule has 7 rings (SSSR count). The van der Waals surface area contributed by atoms with Crippen LogP contribution in [0.2, 0.25) is 0 Å². The zero-order valence-corrected chi connectivity index (χ0v) is 36.1. The first-order valence-electron chi connectivity index (χ1n) is 19.0. The molecular formula is C47H58IrN3O. The number of pyridine rings is 1. The number of hydrogen-bond donors (Lipinski definition) is 0. The number of furan rings is 1. The molecule has 0 unspecified atom stereocenters. The van der Waals surface area contributed by atoms with E-state index in [2.05, 4.69) is 167 Å². The van der Waals surface area contributed by atoms with Crippen molar-refractivity contribution in [3.63, 3.8) is 0 Å². The number of hydrogen-bond acceptors (Lipinski definition) is 2. The Morgan fingerprint density at radius 1 is 0.712 bits per heavy atom. The summed E-state index contributed by atoms with van der Waals surface area (Å²) in [5.41, 5.74) is 8.41. The first-order chi connectivity index (χ1) is 23.9. The largest absolute Gasteiger partial charge is 3.00 e. The smallest absolute Gasteiger partial charge is 0.675 e. The van der Waals surface area contributed by atoms with Gasteiger partial charge in [0, 0.05) is 28.0 Å². The predicted octanol–water partition coefficient (Wildman–Crippen LogP) is 13.9. The monoisotopic (exact) mass is 873 g/mol. The van der Waals surface area contributed by atoms with Crippen molar-refractivity contribution in [2.45, 2.75) is 137 Å². The third-order valence-corrected chi connectivity index (χ3v) is 10.7. The van der Waals surface area contributed by atoms with Crippen LogP contribution in [0.5, 0.6) is 0 Å². The van der Waals surface area contributed by atoms with Crippen LogP contribution in [0.4, 0.5) is 0 Å². The minimum Gasteiger partial charge on any atom is -0.675 e. The average molecular weight is 873 g/mol. The first kappa shape index (κ1) is 40.1. The van der Waals surface area contributed by atoms with Crippen LogP contribution in [-0.4, -0.2) is 23.2 Å². The van der Waals surface area contributed by atoms with Crippen LogP contribution in [0.3, 0.4) is 0 Å². The maximum atomic E-state index is 6.69. The molecule has 0 radical (unpaired) electrons. The van der Waals surface area contributed by atoms with Gasteiger partial charge in [-0.15, -0.1) is 41.2 Å². The van der Waals surface area contributed by atoms with Crippen molar-refractivity contribution in [1.82, 2.24) is 4.98 Å². The molecule has 0 saturated carbocycles. The van der Waals surface area contributed by atoms with Crippen LogP contribution in [0.25, 0.3) is 65.4 Å². The van der Waals surface area contributed by atoms with E-state index < -0.39 is 0 Å². The van der Waals surface area contributed by atoms with Crippen LogP contribution in [0.15, 0.2) is 71.3 Å². The first-order valence-corrected chi connectivity index (χ1v) is 19.0. The maximum Gasteiger partial charge on any atom is 3.00 e. The van der Waals surface area contributed by atoms with E-state index in [1.54, 1.807) is 0 Å². The van der Waals surface area contributed by atoms with E-state index >= 15 is 0 Å². The Labute approximate surface area is 326 Å². The summed E-state index contributed by atoms with van der Waals surface area (Å²) in [5.74, 6) is 0.523. The van der Waals surface area contributed by atoms with E-state index in [0.717, 1.165) is 38.6 Å². The number of rotatable bonds is 6. The minimum atomic E-state index is 0. The van der Waals surface area contributed by atoms with Gasteiger partial charge >= 0.3 is 20.1 Å². The third-order valence-electron chi connectivity index (χ3n) is 10.7. The zero-order valence-electron chi connectivity index (χ0n) is 33.7. The summed E-state index contributed by atoms with van der Waals surface area (Å²) in [6.45, 7) is 29.1. The molecule has 2 aromatic heterocycles. The molecule has 0 bridgehead atoms. The van der Waals surface area contributed by atoms with Crippen LogP contribution in [0.1, 0.15) is 120 Å². The van der Waals surface area contributed by atoms with Gasteiger partial charge in [-0.25, -0.2) is 6.17 Å².